The summed E-state index contributed by atoms with van der Waals surface area (Å²) in [5.41, 5.74) is 0.425. The number of rotatable bonds is 5. The Bertz CT molecular complexity index is 612. The van der Waals surface area contributed by atoms with Gasteiger partial charge in [-0.3, -0.25) is 4.79 Å². The lowest BCUT2D eigenvalue weighted by Gasteiger charge is -2.14. The van der Waals surface area contributed by atoms with Gasteiger partial charge in [0.2, 0.25) is 0 Å². The zero-order chi connectivity index (χ0) is 14.5. The summed E-state index contributed by atoms with van der Waals surface area (Å²) in [6, 6.07) is 11.5. The number of phenolic OH excluding ortho intramolecular Hbond substituents is 1. The molecule has 0 saturated carbocycles. The summed E-state index contributed by atoms with van der Waals surface area (Å²) in [4.78, 5) is 11.3. The zero-order valence-electron chi connectivity index (χ0n) is 10.5. The van der Waals surface area contributed by atoms with Gasteiger partial charge in [0.1, 0.15) is 29.8 Å². The maximum Gasteiger partial charge on any atom is 0.314 e. The van der Waals surface area contributed by atoms with Gasteiger partial charge >= 0.3 is 5.97 Å². The highest BCUT2D eigenvalue weighted by Gasteiger charge is 2.21. The van der Waals surface area contributed by atoms with Crippen LogP contribution in [0.25, 0.3) is 0 Å². The Hall–Kier alpha value is -2.56. The van der Waals surface area contributed by atoms with Crippen LogP contribution in [0.15, 0.2) is 48.5 Å². The highest BCUT2D eigenvalue weighted by Crippen LogP contribution is 2.22. The molecular weight excluding hydrogens is 263 g/mol. The third-order valence-corrected chi connectivity index (χ3v) is 2.78. The number of aliphatic carboxylic acids is 1. The Kier molecular flexibility index (Phi) is 4.20. The lowest BCUT2D eigenvalue weighted by atomic mass is 10.00. The monoisotopic (exact) mass is 276 g/mol. The topological polar surface area (TPSA) is 66.8 Å². The number of halogens is 1. The second-order valence-corrected chi connectivity index (χ2v) is 4.25. The van der Waals surface area contributed by atoms with E-state index in [0.29, 0.717) is 5.56 Å². The molecule has 0 fully saturated rings. The van der Waals surface area contributed by atoms with Crippen LogP contribution in [0.2, 0.25) is 0 Å². The average Bonchev–Trinajstić information content (AvgIpc) is 2.38. The number of phenols is 1. The van der Waals surface area contributed by atoms with Crippen LogP contribution in [0, 0.1) is 5.82 Å². The molecule has 0 bridgehead atoms. The Morgan fingerprint density at radius 1 is 1.20 bits per heavy atom. The molecule has 0 aliphatic rings. The minimum atomic E-state index is -1.08. The summed E-state index contributed by atoms with van der Waals surface area (Å²) in [6.07, 6.45) is 0. The molecule has 0 heterocycles. The molecule has 0 radical (unpaired) electrons. The summed E-state index contributed by atoms with van der Waals surface area (Å²) in [6.45, 7) is -0.151. The molecule has 2 aromatic carbocycles. The molecule has 0 amide bonds. The molecule has 0 aromatic heterocycles. The van der Waals surface area contributed by atoms with Crippen molar-refractivity contribution in [3.63, 3.8) is 0 Å². The SMILES string of the molecule is O=C(O)C(COc1cccc(F)c1)c1cccc(O)c1. The molecule has 20 heavy (non-hydrogen) atoms. The van der Waals surface area contributed by atoms with E-state index in [4.69, 9.17) is 4.74 Å². The summed E-state index contributed by atoms with van der Waals surface area (Å²) in [7, 11) is 0. The summed E-state index contributed by atoms with van der Waals surface area (Å²) >= 11 is 0. The second kappa shape index (κ2) is 6.06. The fraction of sp³-hybridized carbons (Fsp3) is 0.133. The third kappa shape index (κ3) is 3.47. The number of benzene rings is 2. The predicted octanol–water partition coefficient (Wildman–Crippen LogP) is 2.78. The number of ether oxygens (including phenoxy) is 1. The standard InChI is InChI=1S/C15H13FO4/c16-11-4-2-6-13(8-11)20-9-14(15(18)19)10-3-1-5-12(17)7-10/h1-8,14,17H,9H2,(H,18,19). The van der Waals surface area contributed by atoms with Crippen LogP contribution < -0.4 is 4.74 Å². The highest BCUT2D eigenvalue weighted by atomic mass is 19.1. The van der Waals surface area contributed by atoms with E-state index in [1.165, 1.54) is 30.3 Å². The number of carboxylic acid groups (broad SMARTS) is 1. The van der Waals surface area contributed by atoms with Gasteiger partial charge in [0.25, 0.3) is 0 Å². The number of aromatic hydroxyl groups is 1. The molecule has 5 heteroatoms. The Balaban J connectivity index is 2.13. The fourth-order valence-corrected chi connectivity index (χ4v) is 1.79. The van der Waals surface area contributed by atoms with Gasteiger partial charge in [0.15, 0.2) is 0 Å². The van der Waals surface area contributed by atoms with Crippen molar-refractivity contribution in [2.75, 3.05) is 6.61 Å². The molecule has 0 spiro atoms. The Morgan fingerprint density at radius 2 is 1.95 bits per heavy atom. The second-order valence-electron chi connectivity index (χ2n) is 4.25. The smallest absolute Gasteiger partial charge is 0.314 e. The zero-order valence-corrected chi connectivity index (χ0v) is 10.5. The molecule has 1 atom stereocenters. The van der Waals surface area contributed by atoms with E-state index in [1.807, 2.05) is 0 Å². The van der Waals surface area contributed by atoms with Gasteiger partial charge in [0.05, 0.1) is 0 Å². The molecule has 2 N–H and O–H groups in total. The summed E-state index contributed by atoms with van der Waals surface area (Å²) in [5, 5.41) is 18.6. The van der Waals surface area contributed by atoms with Crippen LogP contribution in [-0.4, -0.2) is 22.8 Å². The quantitative estimate of drug-likeness (QED) is 0.881. The normalized spacial score (nSPS) is 11.8. The van der Waals surface area contributed by atoms with Gasteiger partial charge in [-0.1, -0.05) is 18.2 Å². The van der Waals surface area contributed by atoms with E-state index in [2.05, 4.69) is 0 Å². The molecule has 104 valence electrons. The molecule has 0 aliphatic heterocycles. The van der Waals surface area contributed by atoms with Crippen molar-refractivity contribution in [3.8, 4) is 11.5 Å². The van der Waals surface area contributed by atoms with E-state index in [-0.39, 0.29) is 18.1 Å². The summed E-state index contributed by atoms with van der Waals surface area (Å²) < 4.78 is 18.3. The minimum absolute atomic E-state index is 0.0143. The average molecular weight is 276 g/mol. The van der Waals surface area contributed by atoms with E-state index in [0.717, 1.165) is 0 Å². The molecule has 0 aliphatic carbocycles. The van der Waals surface area contributed by atoms with E-state index in [1.54, 1.807) is 18.2 Å². The van der Waals surface area contributed by atoms with Crippen LogP contribution in [0.3, 0.4) is 0 Å². The molecular formula is C15H13FO4. The minimum Gasteiger partial charge on any atom is -0.508 e. The lowest BCUT2D eigenvalue weighted by molar-refractivity contribution is -0.139. The van der Waals surface area contributed by atoms with Gasteiger partial charge in [-0.15, -0.1) is 0 Å². The van der Waals surface area contributed by atoms with Crippen molar-refractivity contribution in [2.24, 2.45) is 0 Å². The first-order valence-electron chi connectivity index (χ1n) is 5.96. The van der Waals surface area contributed by atoms with Crippen LogP contribution in [0.5, 0.6) is 11.5 Å². The van der Waals surface area contributed by atoms with E-state index >= 15 is 0 Å². The Morgan fingerprint density at radius 3 is 2.60 bits per heavy atom. The van der Waals surface area contributed by atoms with Crippen LogP contribution in [-0.2, 0) is 4.79 Å². The summed E-state index contributed by atoms with van der Waals surface area (Å²) in [5.74, 6) is -2.22. The van der Waals surface area contributed by atoms with E-state index in [9.17, 15) is 19.4 Å². The van der Waals surface area contributed by atoms with Gasteiger partial charge < -0.3 is 14.9 Å². The number of hydrogen-bond acceptors (Lipinski definition) is 3. The molecule has 1 unspecified atom stereocenters. The molecule has 2 aromatic rings. The first-order chi connectivity index (χ1) is 9.56. The largest absolute Gasteiger partial charge is 0.508 e. The number of carboxylic acids is 1. The predicted molar refractivity (Wildman–Crippen MR) is 70.4 cm³/mol. The van der Waals surface area contributed by atoms with Crippen LogP contribution in [0.4, 0.5) is 4.39 Å². The van der Waals surface area contributed by atoms with Gasteiger partial charge in [0, 0.05) is 6.07 Å². The fourth-order valence-electron chi connectivity index (χ4n) is 1.79. The highest BCUT2D eigenvalue weighted by molar-refractivity contribution is 5.76. The van der Waals surface area contributed by atoms with Gasteiger partial charge in [-0.25, -0.2) is 4.39 Å². The molecule has 4 nitrogen and oxygen atoms in total. The van der Waals surface area contributed by atoms with Crippen molar-refractivity contribution in [1.29, 1.82) is 0 Å². The number of carbonyl (C=O) groups is 1. The van der Waals surface area contributed by atoms with Crippen molar-refractivity contribution in [1.82, 2.24) is 0 Å². The van der Waals surface area contributed by atoms with Crippen LogP contribution >= 0.6 is 0 Å². The molecule has 0 saturated heterocycles. The van der Waals surface area contributed by atoms with Crippen molar-refractivity contribution in [3.05, 3.63) is 59.9 Å². The van der Waals surface area contributed by atoms with Crippen molar-refractivity contribution >= 4 is 5.97 Å². The van der Waals surface area contributed by atoms with E-state index < -0.39 is 17.7 Å². The maximum absolute atomic E-state index is 13.0. The van der Waals surface area contributed by atoms with Gasteiger partial charge in [-0.2, -0.15) is 0 Å². The van der Waals surface area contributed by atoms with Crippen molar-refractivity contribution in [2.45, 2.75) is 5.92 Å². The third-order valence-electron chi connectivity index (χ3n) is 2.78. The first-order valence-corrected chi connectivity index (χ1v) is 5.96. The maximum atomic E-state index is 13.0. The van der Waals surface area contributed by atoms with Gasteiger partial charge in [-0.05, 0) is 29.8 Å². The Labute approximate surface area is 115 Å². The first kappa shape index (κ1) is 13.9. The number of hydrogen-bond donors (Lipinski definition) is 2. The van der Waals surface area contributed by atoms with Crippen LogP contribution in [0.1, 0.15) is 11.5 Å². The molecule has 2 rings (SSSR count). The van der Waals surface area contributed by atoms with Crippen molar-refractivity contribution < 1.29 is 24.1 Å². The lowest BCUT2D eigenvalue weighted by Crippen LogP contribution is -2.19.